The molecule has 0 N–H and O–H groups in total. The molecule has 1 aromatic carbocycles. The van der Waals surface area contributed by atoms with Crippen LogP contribution in [0.25, 0.3) is 0 Å². The summed E-state index contributed by atoms with van der Waals surface area (Å²) in [5.74, 6) is 0.0805. The second-order valence-electron chi connectivity index (χ2n) is 1.46. The zero-order chi connectivity index (χ0) is 5.98. The summed E-state index contributed by atoms with van der Waals surface area (Å²) < 4.78 is 0.995. The molecule has 0 saturated carbocycles. The summed E-state index contributed by atoms with van der Waals surface area (Å²) in [7, 11) is 0. The van der Waals surface area contributed by atoms with Gasteiger partial charge in [0, 0.05) is 3.57 Å². The Hall–Kier alpha value is 0.347. The first-order valence-corrected chi connectivity index (χ1v) is 3.29. The van der Waals surface area contributed by atoms with E-state index in [9.17, 15) is 5.11 Å². The van der Waals surface area contributed by atoms with Gasteiger partial charge in [-0.3, -0.25) is 0 Å². The van der Waals surface area contributed by atoms with Crippen molar-refractivity contribution in [3.8, 4) is 5.75 Å². The second-order valence-corrected chi connectivity index (χ2v) is 2.70. The van der Waals surface area contributed by atoms with Crippen molar-refractivity contribution < 1.29 is 24.0 Å². The van der Waals surface area contributed by atoms with Gasteiger partial charge in [0.05, 0.1) is 0 Å². The third kappa shape index (κ3) is 3.14. The molecule has 0 spiro atoms. The number of rotatable bonds is 0. The summed E-state index contributed by atoms with van der Waals surface area (Å²) in [6, 6.07) is 6.79. The van der Waals surface area contributed by atoms with Crippen LogP contribution in [0.15, 0.2) is 24.3 Å². The maximum absolute atomic E-state index is 10.5. The molecule has 0 aliphatic rings. The molecule has 0 fully saturated rings. The first kappa shape index (κ1) is 9.35. The molecule has 0 unspecified atom stereocenters. The molecule has 0 saturated heterocycles. The van der Waals surface area contributed by atoms with Gasteiger partial charge in [-0.05, 0) is 28.7 Å². The van der Waals surface area contributed by atoms with Crippen LogP contribution in [0, 0.1) is 3.57 Å². The zero-order valence-electron chi connectivity index (χ0n) is 5.10. The maximum atomic E-state index is 10.5. The minimum absolute atomic E-state index is 0. The third-order valence-electron chi connectivity index (χ3n) is 0.796. The molecule has 1 nitrogen and oxygen atoms in total. The van der Waals surface area contributed by atoms with Crippen LogP contribution in [0.2, 0.25) is 0 Å². The van der Waals surface area contributed by atoms with Crippen molar-refractivity contribution in [3.05, 3.63) is 27.8 Å². The molecule has 1 rings (SSSR count). The van der Waals surface area contributed by atoms with E-state index in [2.05, 4.69) is 22.6 Å². The summed E-state index contributed by atoms with van der Waals surface area (Å²) in [6.07, 6.45) is 0. The average molecular weight is 226 g/mol. The maximum Gasteiger partial charge on any atom is 1.00 e. The molecular formula is C6H4ILiO. The Kier molecular flexibility index (Phi) is 4.37. The van der Waals surface area contributed by atoms with E-state index in [1.165, 1.54) is 0 Å². The molecule has 0 heterocycles. The van der Waals surface area contributed by atoms with Gasteiger partial charge in [0.1, 0.15) is 0 Å². The van der Waals surface area contributed by atoms with Gasteiger partial charge < -0.3 is 5.11 Å². The second kappa shape index (κ2) is 4.21. The predicted molar refractivity (Wildman–Crippen MR) is 38.6 cm³/mol. The van der Waals surface area contributed by atoms with Crippen LogP contribution >= 0.6 is 22.6 Å². The summed E-state index contributed by atoms with van der Waals surface area (Å²) in [4.78, 5) is 0. The van der Waals surface area contributed by atoms with Gasteiger partial charge in [-0.1, -0.05) is 18.2 Å². The van der Waals surface area contributed by atoms with Gasteiger partial charge in [0.15, 0.2) is 0 Å². The van der Waals surface area contributed by atoms with Crippen molar-refractivity contribution >= 4 is 22.6 Å². The molecule has 0 bridgehead atoms. The largest absolute Gasteiger partial charge is 1.00 e. The van der Waals surface area contributed by atoms with Crippen molar-refractivity contribution in [2.24, 2.45) is 0 Å². The average Bonchev–Trinajstić information content (AvgIpc) is 1.64. The van der Waals surface area contributed by atoms with E-state index in [1.54, 1.807) is 18.2 Å². The van der Waals surface area contributed by atoms with Crippen molar-refractivity contribution in [2.45, 2.75) is 0 Å². The van der Waals surface area contributed by atoms with E-state index in [-0.39, 0.29) is 24.6 Å². The molecule has 9 heavy (non-hydrogen) atoms. The van der Waals surface area contributed by atoms with Crippen molar-refractivity contribution in [2.75, 3.05) is 0 Å². The molecular weight excluding hydrogens is 222 g/mol. The van der Waals surface area contributed by atoms with Gasteiger partial charge in [-0.15, -0.1) is 5.75 Å². The van der Waals surface area contributed by atoms with Crippen LogP contribution in [-0.2, 0) is 0 Å². The minimum Gasteiger partial charge on any atom is -0.872 e. The standard InChI is InChI=1S/C6H5IO.Li/c7-5-2-1-3-6(8)4-5;/h1-4,8H;/q;+1/p-1. The van der Waals surface area contributed by atoms with E-state index in [0.29, 0.717) is 0 Å². The number of halogens is 1. The summed E-state index contributed by atoms with van der Waals surface area (Å²) in [5.41, 5.74) is 0. The molecule has 0 aliphatic heterocycles. The van der Waals surface area contributed by atoms with Crippen molar-refractivity contribution in [3.63, 3.8) is 0 Å². The van der Waals surface area contributed by atoms with Crippen molar-refractivity contribution in [1.29, 1.82) is 0 Å². The fourth-order valence-electron chi connectivity index (χ4n) is 0.467. The Balaban J connectivity index is 0.000000640. The Labute approximate surface area is 79.8 Å². The molecule has 0 atom stereocenters. The zero-order valence-corrected chi connectivity index (χ0v) is 7.25. The van der Waals surface area contributed by atoms with E-state index in [1.807, 2.05) is 6.07 Å². The molecule has 1 aromatic rings. The number of benzene rings is 1. The van der Waals surface area contributed by atoms with E-state index < -0.39 is 0 Å². The quantitative estimate of drug-likeness (QED) is 0.384. The van der Waals surface area contributed by atoms with E-state index in [0.717, 1.165) is 3.57 Å². The SMILES string of the molecule is [Li+].[O-]c1cccc(I)c1. The minimum atomic E-state index is 0. The summed E-state index contributed by atoms with van der Waals surface area (Å²) in [5, 5.41) is 10.5. The van der Waals surface area contributed by atoms with Crippen LogP contribution in [0.4, 0.5) is 0 Å². The normalized spacial score (nSPS) is 8.11. The van der Waals surface area contributed by atoms with Gasteiger partial charge in [-0.25, -0.2) is 0 Å². The topological polar surface area (TPSA) is 23.1 Å². The number of hydrogen-bond donors (Lipinski definition) is 0. The first-order valence-electron chi connectivity index (χ1n) is 2.21. The van der Waals surface area contributed by atoms with Crippen LogP contribution in [0.3, 0.4) is 0 Å². The van der Waals surface area contributed by atoms with E-state index >= 15 is 0 Å². The van der Waals surface area contributed by atoms with Gasteiger partial charge >= 0.3 is 18.9 Å². The Morgan fingerprint density at radius 3 is 2.33 bits per heavy atom. The predicted octanol–water partition coefficient (Wildman–Crippen LogP) is -1.63. The first-order chi connectivity index (χ1) is 3.79. The van der Waals surface area contributed by atoms with Crippen LogP contribution in [0.1, 0.15) is 0 Å². The molecule has 0 aliphatic carbocycles. The Bertz CT molecular complexity index is 173. The number of hydrogen-bond acceptors (Lipinski definition) is 1. The van der Waals surface area contributed by atoms with Gasteiger partial charge in [-0.2, -0.15) is 0 Å². The molecule has 0 radical (unpaired) electrons. The smallest absolute Gasteiger partial charge is 0.872 e. The van der Waals surface area contributed by atoms with E-state index in [4.69, 9.17) is 0 Å². The molecule has 42 valence electrons. The Morgan fingerprint density at radius 1 is 1.33 bits per heavy atom. The van der Waals surface area contributed by atoms with Crippen LogP contribution in [0.5, 0.6) is 5.75 Å². The Morgan fingerprint density at radius 2 is 2.00 bits per heavy atom. The molecule has 3 heteroatoms. The van der Waals surface area contributed by atoms with Crippen molar-refractivity contribution in [1.82, 2.24) is 0 Å². The van der Waals surface area contributed by atoms with Crippen LogP contribution in [-0.4, -0.2) is 0 Å². The molecule has 0 aromatic heterocycles. The van der Waals surface area contributed by atoms with Crippen LogP contribution < -0.4 is 24.0 Å². The van der Waals surface area contributed by atoms with Gasteiger partial charge in [0.2, 0.25) is 0 Å². The monoisotopic (exact) mass is 226 g/mol. The summed E-state index contributed by atoms with van der Waals surface area (Å²) >= 11 is 2.11. The molecule has 0 amide bonds. The third-order valence-corrected chi connectivity index (χ3v) is 1.47. The van der Waals surface area contributed by atoms with Gasteiger partial charge in [0.25, 0.3) is 0 Å². The fourth-order valence-corrected chi connectivity index (χ4v) is 0.982. The summed E-state index contributed by atoms with van der Waals surface area (Å²) in [6.45, 7) is 0. The fraction of sp³-hybridized carbons (Fsp3) is 0.